The minimum absolute atomic E-state index is 0.00966. The Kier molecular flexibility index (Phi) is 7.25. The van der Waals surface area contributed by atoms with Gasteiger partial charge < -0.3 is 19.5 Å². The molecule has 4 unspecified atom stereocenters. The largest absolute Gasteiger partial charge is 0.466 e. The van der Waals surface area contributed by atoms with Crippen LogP contribution in [-0.4, -0.2) is 37.8 Å². The van der Waals surface area contributed by atoms with Gasteiger partial charge in [0.05, 0.1) is 18.9 Å². The fourth-order valence-electron chi connectivity index (χ4n) is 3.92. The van der Waals surface area contributed by atoms with E-state index in [-0.39, 0.29) is 17.8 Å². The van der Waals surface area contributed by atoms with E-state index in [4.69, 9.17) is 14.2 Å². The highest BCUT2D eigenvalue weighted by Crippen LogP contribution is 2.46. The maximum atomic E-state index is 12.2. The molecule has 152 valence electrons. The van der Waals surface area contributed by atoms with Crippen molar-refractivity contribution >= 4 is 23.8 Å². The molecule has 1 amide bonds. The van der Waals surface area contributed by atoms with Crippen molar-refractivity contribution in [2.75, 3.05) is 19.4 Å². The Morgan fingerprint density at radius 2 is 2.04 bits per heavy atom. The van der Waals surface area contributed by atoms with Gasteiger partial charge in [-0.25, -0.2) is 9.59 Å². The Morgan fingerprint density at radius 3 is 2.79 bits per heavy atom. The van der Waals surface area contributed by atoms with Crippen LogP contribution in [0.5, 0.6) is 0 Å². The molecule has 1 heterocycles. The van der Waals surface area contributed by atoms with Crippen LogP contribution >= 0.6 is 11.8 Å². The second-order valence-corrected chi connectivity index (χ2v) is 8.28. The van der Waals surface area contributed by atoms with Crippen molar-refractivity contribution in [1.29, 1.82) is 0 Å². The van der Waals surface area contributed by atoms with Crippen LogP contribution in [0, 0.1) is 17.8 Å². The molecule has 2 aliphatic rings. The molecule has 1 aliphatic carbocycles. The number of ether oxygens (including phenoxy) is 3. The zero-order chi connectivity index (χ0) is 19.9. The number of nitrogens with one attached hydrogen (secondary N) is 1. The number of rotatable bonds is 7. The summed E-state index contributed by atoms with van der Waals surface area (Å²) in [6, 6.07) is 10.2. The zero-order valence-corrected chi connectivity index (χ0v) is 17.1. The standard InChI is InChI=1S/C21H27NO5S/c1-14-8-9-16-17(19(23)25-2)12-26-20(18(14)16)27-21(24)22-10-11-28-13-15-6-4-3-5-7-15/h3-7,12,14,16,18,20H,8-11,13H2,1-2H3,(H,22,24). The molecule has 1 fully saturated rings. The lowest BCUT2D eigenvalue weighted by Gasteiger charge is -2.34. The summed E-state index contributed by atoms with van der Waals surface area (Å²) in [6.45, 7) is 2.62. The van der Waals surface area contributed by atoms with Crippen LogP contribution < -0.4 is 5.32 Å². The van der Waals surface area contributed by atoms with E-state index < -0.39 is 12.4 Å². The average Bonchev–Trinajstić information content (AvgIpc) is 3.10. The maximum Gasteiger partial charge on any atom is 0.410 e. The van der Waals surface area contributed by atoms with Crippen LogP contribution in [0.4, 0.5) is 4.79 Å². The predicted molar refractivity (Wildman–Crippen MR) is 107 cm³/mol. The van der Waals surface area contributed by atoms with E-state index in [0.29, 0.717) is 18.0 Å². The normalized spacial score (nSPS) is 25.9. The van der Waals surface area contributed by atoms with E-state index >= 15 is 0 Å². The first-order valence-electron chi connectivity index (χ1n) is 9.60. The maximum absolute atomic E-state index is 12.2. The lowest BCUT2D eigenvalue weighted by atomic mass is 9.83. The molecule has 4 atom stereocenters. The first-order valence-corrected chi connectivity index (χ1v) is 10.8. The highest BCUT2D eigenvalue weighted by Gasteiger charge is 2.48. The Labute approximate surface area is 170 Å². The number of alkyl carbamates (subject to hydrolysis) is 1. The van der Waals surface area contributed by atoms with E-state index in [9.17, 15) is 9.59 Å². The molecule has 0 bridgehead atoms. The number of hydrogen-bond acceptors (Lipinski definition) is 6. The number of thioether (sulfide) groups is 1. The van der Waals surface area contributed by atoms with E-state index in [0.717, 1.165) is 24.3 Å². The van der Waals surface area contributed by atoms with E-state index in [1.165, 1.54) is 18.9 Å². The van der Waals surface area contributed by atoms with Gasteiger partial charge in [0.15, 0.2) is 0 Å². The van der Waals surface area contributed by atoms with Gasteiger partial charge in [-0.15, -0.1) is 0 Å². The van der Waals surface area contributed by atoms with Crippen molar-refractivity contribution in [2.24, 2.45) is 17.8 Å². The number of amides is 1. The summed E-state index contributed by atoms with van der Waals surface area (Å²) >= 11 is 1.75. The summed E-state index contributed by atoms with van der Waals surface area (Å²) in [7, 11) is 1.36. The minimum Gasteiger partial charge on any atom is -0.466 e. The summed E-state index contributed by atoms with van der Waals surface area (Å²) in [5.41, 5.74) is 1.80. The zero-order valence-electron chi connectivity index (χ0n) is 16.3. The van der Waals surface area contributed by atoms with Gasteiger partial charge in [-0.3, -0.25) is 0 Å². The van der Waals surface area contributed by atoms with Gasteiger partial charge in [-0.1, -0.05) is 37.3 Å². The van der Waals surface area contributed by atoms with Crippen LogP contribution in [0.15, 0.2) is 42.2 Å². The lowest BCUT2D eigenvalue weighted by Crippen LogP contribution is -2.41. The third-order valence-electron chi connectivity index (χ3n) is 5.37. The molecule has 3 rings (SSSR count). The smallest absolute Gasteiger partial charge is 0.410 e. The molecule has 1 aromatic rings. The van der Waals surface area contributed by atoms with E-state index in [2.05, 4.69) is 24.4 Å². The first-order chi connectivity index (χ1) is 13.6. The molecule has 0 aromatic heterocycles. The topological polar surface area (TPSA) is 73.9 Å². The fraction of sp³-hybridized carbons (Fsp3) is 0.524. The number of carbonyl (C=O) groups excluding carboxylic acids is 2. The summed E-state index contributed by atoms with van der Waals surface area (Å²) < 4.78 is 16.0. The predicted octanol–water partition coefficient (Wildman–Crippen LogP) is 3.72. The van der Waals surface area contributed by atoms with Crippen molar-refractivity contribution in [1.82, 2.24) is 5.32 Å². The number of benzene rings is 1. The molecule has 1 N–H and O–H groups in total. The molecule has 6 nitrogen and oxygen atoms in total. The monoisotopic (exact) mass is 405 g/mol. The average molecular weight is 406 g/mol. The number of esters is 1. The summed E-state index contributed by atoms with van der Waals surface area (Å²) in [4.78, 5) is 24.1. The summed E-state index contributed by atoms with van der Waals surface area (Å²) in [5, 5.41) is 2.78. The molecule has 1 aromatic carbocycles. The fourth-order valence-corrected chi connectivity index (χ4v) is 4.74. The number of methoxy groups -OCH3 is 1. The Bertz CT molecular complexity index is 708. The molecule has 0 spiro atoms. The Morgan fingerprint density at radius 1 is 1.25 bits per heavy atom. The molecule has 7 heteroatoms. The van der Waals surface area contributed by atoms with Crippen molar-refractivity contribution in [3.05, 3.63) is 47.7 Å². The molecule has 28 heavy (non-hydrogen) atoms. The number of fused-ring (bicyclic) bond motifs is 1. The van der Waals surface area contributed by atoms with Crippen LogP contribution in [0.2, 0.25) is 0 Å². The van der Waals surface area contributed by atoms with Crippen molar-refractivity contribution in [3.63, 3.8) is 0 Å². The first kappa shape index (κ1) is 20.6. The van der Waals surface area contributed by atoms with Gasteiger partial charge in [-0.05, 0) is 24.3 Å². The van der Waals surface area contributed by atoms with Crippen molar-refractivity contribution in [3.8, 4) is 0 Å². The van der Waals surface area contributed by atoms with Crippen LogP contribution in [0.25, 0.3) is 0 Å². The highest BCUT2D eigenvalue weighted by molar-refractivity contribution is 7.98. The van der Waals surface area contributed by atoms with Crippen molar-refractivity contribution < 1.29 is 23.8 Å². The highest BCUT2D eigenvalue weighted by atomic mass is 32.2. The number of hydrogen-bond donors (Lipinski definition) is 1. The second-order valence-electron chi connectivity index (χ2n) is 7.18. The summed E-state index contributed by atoms with van der Waals surface area (Å²) in [5.74, 6) is 1.61. The minimum atomic E-state index is -0.673. The molecular weight excluding hydrogens is 378 g/mol. The molecule has 0 radical (unpaired) electrons. The van der Waals surface area contributed by atoms with Crippen LogP contribution in [0.3, 0.4) is 0 Å². The molecular formula is C21H27NO5S. The van der Waals surface area contributed by atoms with Gasteiger partial charge >= 0.3 is 12.1 Å². The Hall–Kier alpha value is -2.15. The second kappa shape index (κ2) is 9.87. The van der Waals surface area contributed by atoms with Gasteiger partial charge in [0.25, 0.3) is 0 Å². The molecule has 1 aliphatic heterocycles. The van der Waals surface area contributed by atoms with Gasteiger partial charge in [0.1, 0.15) is 0 Å². The Balaban J connectivity index is 1.44. The van der Waals surface area contributed by atoms with Gasteiger partial charge in [0, 0.05) is 29.9 Å². The van der Waals surface area contributed by atoms with Gasteiger partial charge in [0.2, 0.25) is 6.29 Å². The van der Waals surface area contributed by atoms with Crippen molar-refractivity contribution in [2.45, 2.75) is 31.8 Å². The van der Waals surface area contributed by atoms with E-state index in [1.807, 2.05) is 18.2 Å². The van der Waals surface area contributed by atoms with Crippen LogP contribution in [-0.2, 0) is 24.8 Å². The molecule has 1 saturated carbocycles. The lowest BCUT2D eigenvalue weighted by molar-refractivity contribution is -0.145. The van der Waals surface area contributed by atoms with E-state index in [1.54, 1.807) is 11.8 Å². The summed E-state index contributed by atoms with van der Waals surface area (Å²) in [6.07, 6.45) is 2.07. The third-order valence-corrected chi connectivity index (χ3v) is 6.40. The van der Waals surface area contributed by atoms with Gasteiger partial charge in [-0.2, -0.15) is 11.8 Å². The molecule has 0 saturated heterocycles. The third kappa shape index (κ3) is 5.01. The SMILES string of the molecule is COC(=O)C1=COC(OC(=O)NCCSCc2ccccc2)C2C(C)CCC12. The number of carbonyl (C=O) groups is 2. The van der Waals surface area contributed by atoms with Crippen LogP contribution in [0.1, 0.15) is 25.3 Å². The quantitative estimate of drug-likeness (QED) is 0.551.